The highest BCUT2D eigenvalue weighted by Crippen LogP contribution is 2.43. The van der Waals surface area contributed by atoms with Gasteiger partial charge in [-0.3, -0.25) is 0 Å². The van der Waals surface area contributed by atoms with E-state index in [0.29, 0.717) is 12.8 Å². The van der Waals surface area contributed by atoms with Crippen molar-refractivity contribution in [2.24, 2.45) is 4.99 Å². The maximum atomic E-state index is 14.0. The van der Waals surface area contributed by atoms with Crippen molar-refractivity contribution < 1.29 is 23.5 Å². The van der Waals surface area contributed by atoms with Crippen molar-refractivity contribution in [1.82, 2.24) is 0 Å². The van der Waals surface area contributed by atoms with Crippen molar-refractivity contribution >= 4 is 12.0 Å². The Hall–Kier alpha value is -2.07. The molecule has 0 heterocycles. The van der Waals surface area contributed by atoms with Gasteiger partial charge < -0.3 is 5.11 Å². The number of carboxylic acid groups (broad SMARTS) is 1. The Kier molecular flexibility index (Phi) is 3.44. The van der Waals surface area contributed by atoms with Crippen LogP contribution in [0.2, 0.25) is 0 Å². The molecule has 0 unspecified atom stereocenters. The lowest BCUT2D eigenvalue weighted by molar-refractivity contribution is 0.0690. The molecule has 1 aliphatic rings. The molecule has 0 aliphatic heterocycles. The largest absolute Gasteiger partial charge is 0.478 e. The molecule has 1 saturated carbocycles. The van der Waals surface area contributed by atoms with Gasteiger partial charge in [-0.05, 0) is 18.9 Å². The number of hydrogen-bond acceptors (Lipinski definition) is 3. The zero-order valence-electron chi connectivity index (χ0n) is 9.95. The van der Waals surface area contributed by atoms with Gasteiger partial charge in [0.25, 0.3) is 0 Å². The van der Waals surface area contributed by atoms with Crippen LogP contribution >= 0.6 is 0 Å². The first kappa shape index (κ1) is 13.4. The Morgan fingerprint density at radius 1 is 1.26 bits per heavy atom. The van der Waals surface area contributed by atoms with E-state index < -0.39 is 28.7 Å². The molecule has 0 spiro atoms. The minimum atomic E-state index is -1.54. The number of carbonyl (C=O) groups is 1. The van der Waals surface area contributed by atoms with E-state index in [4.69, 9.17) is 5.11 Å². The Morgan fingerprint density at radius 2 is 1.89 bits per heavy atom. The average Bonchev–Trinajstić information content (AvgIpc) is 2.82. The molecule has 1 aromatic rings. The molecule has 6 heteroatoms. The van der Waals surface area contributed by atoms with Gasteiger partial charge in [0.05, 0.1) is 5.56 Å². The van der Waals surface area contributed by atoms with Gasteiger partial charge in [-0.1, -0.05) is 18.9 Å². The van der Waals surface area contributed by atoms with Crippen LogP contribution in [0.25, 0.3) is 0 Å². The van der Waals surface area contributed by atoms with Crippen LogP contribution in [-0.4, -0.2) is 17.2 Å². The molecule has 0 amide bonds. The topological polar surface area (TPSA) is 66.7 Å². The van der Waals surface area contributed by atoms with Gasteiger partial charge in [-0.2, -0.15) is 4.99 Å². The summed E-state index contributed by atoms with van der Waals surface area (Å²) in [6.45, 7) is 0. The van der Waals surface area contributed by atoms with Gasteiger partial charge in [0, 0.05) is 5.56 Å². The summed E-state index contributed by atoms with van der Waals surface area (Å²) in [6, 6.07) is 2.19. The summed E-state index contributed by atoms with van der Waals surface area (Å²) >= 11 is 0. The van der Waals surface area contributed by atoms with Crippen molar-refractivity contribution in [2.75, 3.05) is 0 Å². The molecule has 1 aliphatic carbocycles. The quantitative estimate of drug-likeness (QED) is 0.676. The van der Waals surface area contributed by atoms with Gasteiger partial charge in [0.1, 0.15) is 5.54 Å². The molecule has 100 valence electrons. The van der Waals surface area contributed by atoms with E-state index in [9.17, 15) is 18.4 Å². The van der Waals surface area contributed by atoms with Crippen molar-refractivity contribution in [3.05, 3.63) is 34.9 Å². The van der Waals surface area contributed by atoms with Crippen molar-refractivity contribution in [3.63, 3.8) is 0 Å². The van der Waals surface area contributed by atoms with E-state index in [1.807, 2.05) is 0 Å². The van der Waals surface area contributed by atoms with Crippen LogP contribution in [0.4, 0.5) is 8.78 Å². The zero-order chi connectivity index (χ0) is 14.0. The van der Waals surface area contributed by atoms with Crippen LogP contribution < -0.4 is 0 Å². The highest BCUT2D eigenvalue weighted by Gasteiger charge is 2.39. The van der Waals surface area contributed by atoms with Crippen LogP contribution in [0, 0.1) is 11.6 Å². The summed E-state index contributed by atoms with van der Waals surface area (Å²) in [5.41, 5.74) is -1.91. The summed E-state index contributed by atoms with van der Waals surface area (Å²) in [5.74, 6) is -4.21. The molecule has 4 nitrogen and oxygen atoms in total. The number of carboxylic acids is 1. The lowest BCUT2D eigenvalue weighted by Gasteiger charge is -2.23. The van der Waals surface area contributed by atoms with Crippen LogP contribution in [0.15, 0.2) is 17.1 Å². The molecule has 0 aromatic heterocycles. The number of halogens is 2. The van der Waals surface area contributed by atoms with E-state index in [2.05, 4.69) is 4.99 Å². The second-order valence-corrected chi connectivity index (χ2v) is 4.54. The minimum Gasteiger partial charge on any atom is -0.478 e. The smallest absolute Gasteiger partial charge is 0.338 e. The predicted octanol–water partition coefficient (Wildman–Crippen LogP) is 2.77. The molecule has 0 radical (unpaired) electrons. The standard InChI is InChI=1S/C13H11F2NO3/c14-10-8(12(18)19)3-4-9(11(10)15)13(16-7-17)5-1-2-6-13/h3-4H,1-2,5-6H2,(H,18,19). The van der Waals surface area contributed by atoms with Gasteiger partial charge in [0.15, 0.2) is 11.6 Å². The molecule has 1 aromatic carbocycles. The lowest BCUT2D eigenvalue weighted by atomic mass is 9.87. The molecule has 1 fully saturated rings. The number of nitrogens with zero attached hydrogens (tertiary/aromatic N) is 1. The molecule has 19 heavy (non-hydrogen) atoms. The third-order valence-corrected chi connectivity index (χ3v) is 3.50. The molecule has 0 bridgehead atoms. The minimum absolute atomic E-state index is 0.0733. The number of carbonyl (C=O) groups excluding carboxylic acids is 1. The van der Waals surface area contributed by atoms with E-state index in [0.717, 1.165) is 18.9 Å². The van der Waals surface area contributed by atoms with Gasteiger partial charge in [0.2, 0.25) is 6.08 Å². The van der Waals surface area contributed by atoms with E-state index in [-0.39, 0.29) is 5.56 Å². The second-order valence-electron chi connectivity index (χ2n) is 4.54. The monoisotopic (exact) mass is 267 g/mol. The van der Waals surface area contributed by atoms with Crippen molar-refractivity contribution in [3.8, 4) is 0 Å². The number of hydrogen-bond donors (Lipinski definition) is 1. The molecular weight excluding hydrogens is 256 g/mol. The normalized spacial score (nSPS) is 16.9. The van der Waals surface area contributed by atoms with Gasteiger partial charge >= 0.3 is 5.97 Å². The highest BCUT2D eigenvalue weighted by atomic mass is 19.2. The average molecular weight is 267 g/mol. The lowest BCUT2D eigenvalue weighted by Crippen LogP contribution is -2.22. The number of isocyanates is 1. The van der Waals surface area contributed by atoms with E-state index in [1.165, 1.54) is 12.1 Å². The van der Waals surface area contributed by atoms with Crippen molar-refractivity contribution in [1.29, 1.82) is 0 Å². The summed E-state index contributed by atoms with van der Waals surface area (Å²) in [6.07, 6.45) is 3.73. The van der Waals surface area contributed by atoms with Gasteiger partial charge in [-0.25, -0.2) is 18.4 Å². The molecular formula is C13H11F2NO3. The number of aliphatic imine (C=N–C) groups is 1. The fraction of sp³-hybridized carbons (Fsp3) is 0.385. The Bertz CT molecular complexity index is 573. The first-order valence-corrected chi connectivity index (χ1v) is 5.82. The predicted molar refractivity (Wildman–Crippen MR) is 61.6 cm³/mol. The fourth-order valence-electron chi connectivity index (χ4n) is 2.56. The van der Waals surface area contributed by atoms with Crippen LogP contribution in [0.1, 0.15) is 41.6 Å². The number of benzene rings is 1. The summed E-state index contributed by atoms with van der Waals surface area (Å²) in [5, 5.41) is 8.72. The fourth-order valence-corrected chi connectivity index (χ4v) is 2.56. The summed E-state index contributed by atoms with van der Waals surface area (Å²) in [4.78, 5) is 24.9. The zero-order valence-corrected chi connectivity index (χ0v) is 9.95. The van der Waals surface area contributed by atoms with Crippen molar-refractivity contribution in [2.45, 2.75) is 31.2 Å². The van der Waals surface area contributed by atoms with Crippen LogP contribution in [0.5, 0.6) is 0 Å². The first-order valence-electron chi connectivity index (χ1n) is 5.82. The summed E-state index contributed by atoms with van der Waals surface area (Å²) < 4.78 is 27.7. The molecule has 0 atom stereocenters. The third kappa shape index (κ3) is 2.15. The van der Waals surface area contributed by atoms with Gasteiger partial charge in [-0.15, -0.1) is 0 Å². The van der Waals surface area contributed by atoms with Crippen LogP contribution in [-0.2, 0) is 10.3 Å². The molecule has 2 rings (SSSR count). The maximum Gasteiger partial charge on any atom is 0.338 e. The Labute approximate surface area is 107 Å². The number of aromatic carboxylic acids is 1. The number of rotatable bonds is 3. The Balaban J connectivity index is 2.60. The molecule has 1 N–H and O–H groups in total. The van der Waals surface area contributed by atoms with Crippen LogP contribution in [0.3, 0.4) is 0 Å². The first-order chi connectivity index (χ1) is 9.02. The SMILES string of the molecule is O=C=NC1(c2ccc(C(=O)O)c(F)c2F)CCCC1. The molecule has 0 saturated heterocycles. The maximum absolute atomic E-state index is 14.0. The highest BCUT2D eigenvalue weighted by molar-refractivity contribution is 5.88. The summed E-state index contributed by atoms with van der Waals surface area (Å²) in [7, 11) is 0. The third-order valence-electron chi connectivity index (χ3n) is 3.50. The Morgan fingerprint density at radius 3 is 2.42 bits per heavy atom. The van der Waals surface area contributed by atoms with E-state index in [1.54, 1.807) is 0 Å². The van der Waals surface area contributed by atoms with E-state index >= 15 is 0 Å². The second kappa shape index (κ2) is 4.90.